The number of carbonyl (C=O) groups is 1. The molecule has 2 N–H and O–H groups in total. The molecule has 0 aliphatic rings. The Morgan fingerprint density at radius 1 is 1.10 bits per heavy atom. The minimum atomic E-state index is -1.54. The Balaban J connectivity index is 2.03. The number of aliphatic hydroxyl groups is 1. The predicted octanol–water partition coefficient (Wildman–Crippen LogP) is 5.12. The summed E-state index contributed by atoms with van der Waals surface area (Å²) in [7, 11) is 0. The normalized spacial score (nSPS) is 11.0. The van der Waals surface area contributed by atoms with Crippen LogP contribution < -0.4 is 10.2 Å². The Kier molecular flexibility index (Phi) is 7.37. The third-order valence-electron chi connectivity index (χ3n) is 4.79. The van der Waals surface area contributed by atoms with Crippen LogP contribution in [-0.2, 0) is 13.0 Å². The van der Waals surface area contributed by atoms with Crippen LogP contribution in [0.3, 0.4) is 0 Å². The predicted molar refractivity (Wildman–Crippen MR) is 117 cm³/mol. The van der Waals surface area contributed by atoms with Crippen LogP contribution in [-0.4, -0.2) is 27.5 Å². The molecule has 8 heteroatoms. The Morgan fingerprint density at radius 2 is 1.90 bits per heavy atom. The molecule has 0 aliphatic heterocycles. The number of hydrogen-bond donors (Lipinski definition) is 2. The van der Waals surface area contributed by atoms with E-state index in [0.717, 1.165) is 24.0 Å². The summed E-state index contributed by atoms with van der Waals surface area (Å²) in [6.45, 7) is 0.680. The van der Waals surface area contributed by atoms with Gasteiger partial charge in [-0.05, 0) is 55.0 Å². The Hall–Kier alpha value is -2.54. The third-order valence-corrected chi connectivity index (χ3v) is 5.65. The maximum Gasteiger partial charge on any atom is 0.511 e. The fourth-order valence-corrected chi connectivity index (χ4v) is 3.74. The number of rotatable bonds is 8. The van der Waals surface area contributed by atoms with Gasteiger partial charge >= 0.3 is 6.16 Å². The molecule has 6 nitrogen and oxygen atoms in total. The largest absolute Gasteiger partial charge is 0.511 e. The molecule has 3 aromatic rings. The van der Waals surface area contributed by atoms with Gasteiger partial charge < -0.3 is 19.5 Å². The van der Waals surface area contributed by atoms with Gasteiger partial charge in [0, 0.05) is 18.5 Å². The highest BCUT2D eigenvalue weighted by atomic mass is 35.5. The molecule has 0 aliphatic carbocycles. The summed E-state index contributed by atoms with van der Waals surface area (Å²) in [5, 5.41) is 19.2. The number of fused-ring (bicyclic) bond motifs is 1. The van der Waals surface area contributed by atoms with Gasteiger partial charge in [0.05, 0.1) is 21.8 Å². The highest BCUT2D eigenvalue weighted by Crippen LogP contribution is 2.28. The van der Waals surface area contributed by atoms with E-state index >= 15 is 0 Å². The number of unbranched alkanes of at least 4 members (excludes halogenated alkanes) is 2. The second-order valence-electron chi connectivity index (χ2n) is 6.91. The van der Waals surface area contributed by atoms with Crippen molar-refractivity contribution in [1.29, 1.82) is 0 Å². The molecule has 0 spiro atoms. The average Bonchev–Trinajstić information content (AvgIpc) is 2.71. The quantitative estimate of drug-likeness (QED) is 0.368. The van der Waals surface area contributed by atoms with Crippen molar-refractivity contribution in [2.24, 2.45) is 0 Å². The van der Waals surface area contributed by atoms with E-state index in [9.17, 15) is 9.59 Å². The van der Waals surface area contributed by atoms with E-state index in [1.54, 1.807) is 12.1 Å². The van der Waals surface area contributed by atoms with E-state index in [4.69, 9.17) is 38.2 Å². The zero-order valence-electron chi connectivity index (χ0n) is 16.1. The lowest BCUT2D eigenvalue weighted by molar-refractivity contribution is 0.143. The molecular formula is C22H21Cl2NO5. The first-order valence-corrected chi connectivity index (χ1v) is 10.3. The van der Waals surface area contributed by atoms with Gasteiger partial charge in [-0.3, -0.25) is 4.79 Å². The number of benzene rings is 2. The third kappa shape index (κ3) is 5.14. The summed E-state index contributed by atoms with van der Waals surface area (Å²) in [5.74, 6) is -0.241. The molecule has 0 unspecified atom stereocenters. The van der Waals surface area contributed by atoms with E-state index < -0.39 is 11.6 Å². The lowest BCUT2D eigenvalue weighted by Gasteiger charge is -2.14. The standard InChI is InChI=1S/C22H21Cl2NO5/c23-17-6-4-5-15(20(17)24)11-14-7-8-18-16(12-14)21(27)19(30-22(28)29)13-25(18)9-2-1-3-10-26/h4-8,12-13,26H,1-3,9-11H2,(H,28,29). The summed E-state index contributed by atoms with van der Waals surface area (Å²) in [5.41, 5.74) is 1.86. The second kappa shape index (κ2) is 9.98. The minimum Gasteiger partial charge on any atom is -0.449 e. The first-order chi connectivity index (χ1) is 14.4. The molecule has 0 amide bonds. The molecule has 158 valence electrons. The average molecular weight is 450 g/mol. The minimum absolute atomic E-state index is 0.119. The summed E-state index contributed by atoms with van der Waals surface area (Å²) in [6.07, 6.45) is 2.61. The number of hydrogen-bond acceptors (Lipinski definition) is 4. The number of carboxylic acid groups (broad SMARTS) is 1. The molecule has 0 saturated carbocycles. The first-order valence-electron chi connectivity index (χ1n) is 9.51. The van der Waals surface area contributed by atoms with Crippen molar-refractivity contribution in [3.8, 4) is 5.75 Å². The summed E-state index contributed by atoms with van der Waals surface area (Å²) < 4.78 is 6.53. The SMILES string of the molecule is O=C(O)Oc1cn(CCCCCO)c2ccc(Cc3cccc(Cl)c3Cl)cc2c1=O. The van der Waals surface area contributed by atoms with Gasteiger partial charge in [-0.2, -0.15) is 0 Å². The van der Waals surface area contributed by atoms with E-state index in [0.29, 0.717) is 40.3 Å². The molecule has 3 rings (SSSR count). The molecule has 2 aromatic carbocycles. The number of halogens is 2. The first kappa shape index (κ1) is 22.2. The van der Waals surface area contributed by atoms with Crippen molar-refractivity contribution in [3.63, 3.8) is 0 Å². The highest BCUT2D eigenvalue weighted by Gasteiger charge is 2.14. The maximum atomic E-state index is 12.8. The van der Waals surface area contributed by atoms with Crippen LogP contribution in [0, 0.1) is 0 Å². The number of aromatic nitrogens is 1. The van der Waals surface area contributed by atoms with Crippen LogP contribution in [0.15, 0.2) is 47.4 Å². The number of nitrogens with zero attached hydrogens (tertiary/aromatic N) is 1. The zero-order chi connectivity index (χ0) is 21.7. The van der Waals surface area contributed by atoms with Crippen LogP contribution >= 0.6 is 23.2 Å². The second-order valence-corrected chi connectivity index (χ2v) is 7.69. The fraction of sp³-hybridized carbons (Fsp3) is 0.273. The molecule has 0 bridgehead atoms. The van der Waals surface area contributed by atoms with Crippen LogP contribution in [0.4, 0.5) is 4.79 Å². The number of pyridine rings is 1. The highest BCUT2D eigenvalue weighted by molar-refractivity contribution is 6.42. The van der Waals surface area contributed by atoms with E-state index in [1.807, 2.05) is 28.8 Å². The topological polar surface area (TPSA) is 88.8 Å². The van der Waals surface area contributed by atoms with E-state index in [1.165, 1.54) is 6.20 Å². The molecule has 0 radical (unpaired) electrons. The monoisotopic (exact) mass is 449 g/mol. The summed E-state index contributed by atoms with van der Waals surface area (Å²) in [4.78, 5) is 23.9. The van der Waals surface area contributed by atoms with Crippen molar-refractivity contribution < 1.29 is 19.7 Å². The Morgan fingerprint density at radius 3 is 2.63 bits per heavy atom. The van der Waals surface area contributed by atoms with Gasteiger partial charge in [0.15, 0.2) is 5.75 Å². The maximum absolute atomic E-state index is 12.8. The summed E-state index contributed by atoms with van der Waals surface area (Å²) in [6, 6.07) is 10.8. The van der Waals surface area contributed by atoms with Crippen molar-refractivity contribution >= 4 is 40.3 Å². The number of aryl methyl sites for hydroxylation is 1. The molecule has 0 fully saturated rings. The Bertz CT molecular complexity index is 1130. The molecule has 0 saturated heterocycles. The van der Waals surface area contributed by atoms with Crippen LogP contribution in [0.2, 0.25) is 10.0 Å². The number of aliphatic hydroxyl groups excluding tert-OH is 1. The smallest absolute Gasteiger partial charge is 0.449 e. The van der Waals surface area contributed by atoms with Gasteiger partial charge in [-0.15, -0.1) is 0 Å². The van der Waals surface area contributed by atoms with Gasteiger partial charge in [0.1, 0.15) is 0 Å². The molecule has 1 aromatic heterocycles. The molecular weight excluding hydrogens is 429 g/mol. The van der Waals surface area contributed by atoms with Crippen LogP contribution in [0.1, 0.15) is 30.4 Å². The van der Waals surface area contributed by atoms with E-state index in [2.05, 4.69) is 0 Å². The fourth-order valence-electron chi connectivity index (χ4n) is 3.36. The van der Waals surface area contributed by atoms with Gasteiger partial charge in [-0.1, -0.05) is 41.4 Å². The van der Waals surface area contributed by atoms with Crippen molar-refractivity contribution in [3.05, 3.63) is 74.0 Å². The van der Waals surface area contributed by atoms with Crippen LogP contribution in [0.25, 0.3) is 10.9 Å². The lowest BCUT2D eigenvalue weighted by atomic mass is 10.0. The molecule has 1 heterocycles. The van der Waals surface area contributed by atoms with Crippen molar-refractivity contribution in [1.82, 2.24) is 4.57 Å². The van der Waals surface area contributed by atoms with E-state index in [-0.39, 0.29) is 12.4 Å². The van der Waals surface area contributed by atoms with Gasteiger partial charge in [0.25, 0.3) is 0 Å². The Labute approximate surface area is 183 Å². The van der Waals surface area contributed by atoms with Gasteiger partial charge in [-0.25, -0.2) is 4.79 Å². The lowest BCUT2D eigenvalue weighted by Crippen LogP contribution is -2.16. The molecule has 0 atom stereocenters. The molecule has 30 heavy (non-hydrogen) atoms. The van der Waals surface area contributed by atoms with Crippen LogP contribution in [0.5, 0.6) is 5.75 Å². The van der Waals surface area contributed by atoms with Crippen molar-refractivity contribution in [2.75, 3.05) is 6.61 Å². The van der Waals surface area contributed by atoms with Gasteiger partial charge in [0.2, 0.25) is 5.43 Å². The number of ether oxygens (including phenoxy) is 1. The summed E-state index contributed by atoms with van der Waals surface area (Å²) >= 11 is 12.4. The van der Waals surface area contributed by atoms with Crippen molar-refractivity contribution in [2.45, 2.75) is 32.2 Å². The zero-order valence-corrected chi connectivity index (χ0v) is 17.6.